The molecule has 6 heterocycles. The van der Waals surface area contributed by atoms with Crippen LogP contribution in [0.4, 0.5) is 10.2 Å². The van der Waals surface area contributed by atoms with Crippen LogP contribution < -0.4 is 10.1 Å². The van der Waals surface area contributed by atoms with Crippen LogP contribution in [0.25, 0.3) is 32.0 Å². The third-order valence-electron chi connectivity index (χ3n) is 10.2. The van der Waals surface area contributed by atoms with E-state index in [1.807, 2.05) is 41.3 Å². The molecular formula is C38H32ClFN6O3S. The van der Waals surface area contributed by atoms with Crippen molar-refractivity contribution in [1.29, 1.82) is 0 Å². The Morgan fingerprint density at radius 2 is 1.98 bits per heavy atom. The maximum absolute atomic E-state index is 14.5. The number of rotatable bonds is 8. The van der Waals surface area contributed by atoms with Crippen molar-refractivity contribution in [1.82, 2.24) is 25.1 Å². The number of aromatic nitrogens is 4. The van der Waals surface area contributed by atoms with E-state index < -0.39 is 0 Å². The highest BCUT2D eigenvalue weighted by Crippen LogP contribution is 2.51. The van der Waals surface area contributed by atoms with Gasteiger partial charge in [-0.25, -0.2) is 9.37 Å². The Morgan fingerprint density at radius 1 is 1.10 bits per heavy atom. The number of carbonyl (C=O) groups is 1. The second-order valence-corrected chi connectivity index (χ2v) is 14.5. The van der Waals surface area contributed by atoms with Gasteiger partial charge in [-0.3, -0.25) is 9.78 Å². The average Bonchev–Trinajstić information content (AvgIpc) is 3.95. The molecule has 2 aromatic carbocycles. The number of nitrogens with zero attached hydrogens (tertiary/aromatic N) is 5. The molecule has 50 heavy (non-hydrogen) atoms. The first-order chi connectivity index (χ1) is 24.4. The van der Waals surface area contributed by atoms with Gasteiger partial charge in [0.15, 0.2) is 11.6 Å². The number of ether oxygens (including phenoxy) is 1. The highest BCUT2D eigenvalue weighted by Gasteiger charge is 2.45. The Labute approximate surface area is 296 Å². The first-order valence-corrected chi connectivity index (χ1v) is 18.0. The lowest BCUT2D eigenvalue weighted by Gasteiger charge is -2.16. The fraction of sp³-hybridized carbons (Fsp3) is 0.289. The standard InChI is InChI=1S/C38H32ClFN6O3S/c1-19-44-45-37(49-19)30-27(13-9-20-6-3-4-7-24(20)39)42-33-28-8-5-17-46(28)38(47)32(33)31(30)29-18-21-15-16-41-36(35(21)50-29)43-26-14-11-23-22(26)10-12-25(40)34(23)48-2/h3-4,6-7,10,12,15-16,18,26,28H,5,8-9,11,13-14,17H2,1-2H3,(H,41,43)/t26-,28?/m1/s1. The lowest BCUT2D eigenvalue weighted by atomic mass is 9.93. The third-order valence-corrected chi connectivity index (χ3v) is 11.7. The van der Waals surface area contributed by atoms with Crippen LogP contribution in [0.5, 0.6) is 5.75 Å². The minimum Gasteiger partial charge on any atom is -0.493 e. The van der Waals surface area contributed by atoms with E-state index >= 15 is 0 Å². The molecule has 2 aliphatic heterocycles. The molecule has 1 unspecified atom stereocenters. The molecule has 4 aromatic heterocycles. The summed E-state index contributed by atoms with van der Waals surface area (Å²) < 4.78 is 27.0. The van der Waals surface area contributed by atoms with Crippen LogP contribution in [0.3, 0.4) is 0 Å². The van der Waals surface area contributed by atoms with Gasteiger partial charge in [-0.15, -0.1) is 21.5 Å². The van der Waals surface area contributed by atoms with Crippen molar-refractivity contribution < 1.29 is 18.3 Å². The lowest BCUT2D eigenvalue weighted by molar-refractivity contribution is 0.0776. The van der Waals surface area contributed by atoms with Gasteiger partial charge in [0.1, 0.15) is 5.82 Å². The molecule has 0 spiro atoms. The smallest absolute Gasteiger partial charge is 0.257 e. The van der Waals surface area contributed by atoms with Crippen LogP contribution in [0, 0.1) is 12.7 Å². The number of anilines is 1. The molecule has 3 aliphatic rings. The Bertz CT molecular complexity index is 2340. The monoisotopic (exact) mass is 706 g/mol. The molecule has 6 aromatic rings. The predicted molar refractivity (Wildman–Crippen MR) is 190 cm³/mol. The minimum atomic E-state index is -0.353. The number of aryl methyl sites for hydroxylation is 3. The van der Waals surface area contributed by atoms with Crippen LogP contribution in [-0.4, -0.2) is 44.6 Å². The number of fused-ring (bicyclic) bond motifs is 5. The Balaban J connectivity index is 1.20. The number of methoxy groups -OCH3 is 1. The highest BCUT2D eigenvalue weighted by molar-refractivity contribution is 7.23. The molecular weight excluding hydrogens is 675 g/mol. The van der Waals surface area contributed by atoms with E-state index in [1.165, 1.54) is 13.2 Å². The van der Waals surface area contributed by atoms with Crippen molar-refractivity contribution in [2.45, 2.75) is 57.5 Å². The van der Waals surface area contributed by atoms with E-state index in [0.717, 1.165) is 73.7 Å². The van der Waals surface area contributed by atoms with Crippen LogP contribution in [-0.2, 0) is 19.3 Å². The van der Waals surface area contributed by atoms with Crippen molar-refractivity contribution in [2.75, 3.05) is 19.0 Å². The molecule has 9 nitrogen and oxygen atoms in total. The van der Waals surface area contributed by atoms with Gasteiger partial charge in [0.05, 0.1) is 46.4 Å². The molecule has 252 valence electrons. The quantitative estimate of drug-likeness (QED) is 0.168. The fourth-order valence-electron chi connectivity index (χ4n) is 7.93. The van der Waals surface area contributed by atoms with Gasteiger partial charge in [0, 0.05) is 40.7 Å². The molecule has 9 rings (SSSR count). The van der Waals surface area contributed by atoms with Gasteiger partial charge in [-0.2, -0.15) is 0 Å². The molecule has 1 aliphatic carbocycles. The average molecular weight is 707 g/mol. The van der Waals surface area contributed by atoms with E-state index in [0.29, 0.717) is 59.5 Å². The Hall–Kier alpha value is -4.87. The zero-order valence-corrected chi connectivity index (χ0v) is 29.0. The summed E-state index contributed by atoms with van der Waals surface area (Å²) >= 11 is 8.16. The predicted octanol–water partition coefficient (Wildman–Crippen LogP) is 8.69. The van der Waals surface area contributed by atoms with E-state index in [9.17, 15) is 9.18 Å². The summed E-state index contributed by atoms with van der Waals surface area (Å²) in [5, 5.41) is 14.0. The SMILES string of the molecule is COc1c(F)ccc2c1CC[C@H]2Nc1nccc2cc(-c3c4c(nc(CCc5ccccc5Cl)c3-c3nnc(C)o3)C3CCCN3C4=O)sc12. The van der Waals surface area contributed by atoms with Crippen molar-refractivity contribution in [3.63, 3.8) is 0 Å². The first-order valence-electron chi connectivity index (χ1n) is 16.8. The number of nitrogens with one attached hydrogen (secondary N) is 1. The number of halogens is 2. The molecule has 0 radical (unpaired) electrons. The topological polar surface area (TPSA) is 106 Å². The highest BCUT2D eigenvalue weighted by atomic mass is 35.5. The van der Waals surface area contributed by atoms with Crippen molar-refractivity contribution >= 4 is 44.7 Å². The van der Waals surface area contributed by atoms with Gasteiger partial charge < -0.3 is 19.4 Å². The summed E-state index contributed by atoms with van der Waals surface area (Å²) in [7, 11) is 1.51. The molecule has 1 saturated heterocycles. The third kappa shape index (κ3) is 4.97. The maximum Gasteiger partial charge on any atom is 0.257 e. The lowest BCUT2D eigenvalue weighted by Crippen LogP contribution is -2.22. The molecule has 0 saturated carbocycles. The largest absolute Gasteiger partial charge is 0.493 e. The van der Waals surface area contributed by atoms with Gasteiger partial charge in [-0.1, -0.05) is 35.9 Å². The van der Waals surface area contributed by atoms with E-state index in [-0.39, 0.29) is 23.8 Å². The summed E-state index contributed by atoms with van der Waals surface area (Å²) in [6.07, 6.45) is 6.30. The van der Waals surface area contributed by atoms with Crippen LogP contribution in [0.15, 0.2) is 59.1 Å². The second-order valence-electron chi connectivity index (χ2n) is 13.0. The number of hydrogen-bond acceptors (Lipinski definition) is 9. The van der Waals surface area contributed by atoms with Crippen LogP contribution in [0.1, 0.15) is 75.7 Å². The van der Waals surface area contributed by atoms with Crippen LogP contribution in [0.2, 0.25) is 5.02 Å². The molecule has 2 atom stereocenters. The van der Waals surface area contributed by atoms with E-state index in [2.05, 4.69) is 21.6 Å². The van der Waals surface area contributed by atoms with Crippen molar-refractivity contribution in [3.05, 3.63) is 105 Å². The van der Waals surface area contributed by atoms with Crippen molar-refractivity contribution in [2.24, 2.45) is 0 Å². The normalized spacial score (nSPS) is 17.8. The van der Waals surface area contributed by atoms with Gasteiger partial charge in [0.2, 0.25) is 11.8 Å². The number of hydrogen-bond donors (Lipinski definition) is 1. The summed E-state index contributed by atoms with van der Waals surface area (Å²) in [6.45, 7) is 2.46. The summed E-state index contributed by atoms with van der Waals surface area (Å²) in [6, 6.07) is 15.1. The number of thiophene rings is 1. The molecule has 1 N–H and O–H groups in total. The summed E-state index contributed by atoms with van der Waals surface area (Å²) in [4.78, 5) is 27.1. The molecule has 1 fully saturated rings. The van der Waals surface area contributed by atoms with Crippen LogP contribution >= 0.6 is 22.9 Å². The molecule has 12 heteroatoms. The van der Waals surface area contributed by atoms with Crippen molar-refractivity contribution in [3.8, 4) is 27.6 Å². The summed E-state index contributed by atoms with van der Waals surface area (Å²) in [5.74, 6) is 1.43. The zero-order chi connectivity index (χ0) is 34.1. The van der Waals surface area contributed by atoms with Gasteiger partial charge in [0.25, 0.3) is 5.91 Å². The molecule has 1 amide bonds. The van der Waals surface area contributed by atoms with E-state index in [1.54, 1.807) is 24.5 Å². The fourth-order valence-corrected chi connectivity index (χ4v) is 9.32. The zero-order valence-electron chi connectivity index (χ0n) is 27.4. The minimum absolute atomic E-state index is 0.0159. The Kier molecular flexibility index (Phi) is 7.58. The number of pyridine rings is 2. The van der Waals surface area contributed by atoms with Gasteiger partial charge in [-0.05, 0) is 79.3 Å². The number of carbonyl (C=O) groups excluding carboxylic acids is 1. The van der Waals surface area contributed by atoms with Gasteiger partial charge >= 0.3 is 0 Å². The second kappa shape index (κ2) is 12.2. The first kappa shape index (κ1) is 31.1. The van der Waals surface area contributed by atoms with E-state index in [4.69, 9.17) is 30.7 Å². The number of benzene rings is 2. The molecule has 0 bridgehead atoms. The number of amides is 1. The Morgan fingerprint density at radius 3 is 2.80 bits per heavy atom. The maximum atomic E-state index is 14.5. The summed E-state index contributed by atoms with van der Waals surface area (Å²) in [5.41, 5.74) is 6.57.